The van der Waals surface area contributed by atoms with Crippen molar-refractivity contribution < 1.29 is 5.11 Å². The molecule has 2 aromatic rings. The molecule has 0 bridgehead atoms. The highest BCUT2D eigenvalue weighted by atomic mass is 79.9. The van der Waals surface area contributed by atoms with Gasteiger partial charge >= 0.3 is 0 Å². The third kappa shape index (κ3) is 2.97. The molecule has 0 aliphatic carbocycles. The molecule has 0 radical (unpaired) electrons. The van der Waals surface area contributed by atoms with E-state index in [0.29, 0.717) is 15.6 Å². The summed E-state index contributed by atoms with van der Waals surface area (Å²) in [4.78, 5) is 0. The highest BCUT2D eigenvalue weighted by Crippen LogP contribution is 2.35. The van der Waals surface area contributed by atoms with Gasteiger partial charge in [0, 0.05) is 10.0 Å². The fourth-order valence-electron chi connectivity index (χ4n) is 2.00. The van der Waals surface area contributed by atoms with Crippen LogP contribution in [0.3, 0.4) is 0 Å². The Kier molecular flexibility index (Phi) is 4.57. The average molecular weight is 360 g/mol. The third-order valence-corrected chi connectivity index (χ3v) is 4.81. The predicted octanol–water partition coefficient (Wildman–Crippen LogP) is 5.45. The summed E-state index contributed by atoms with van der Waals surface area (Å²) >= 11 is 15.6. The number of benzene rings is 2. The zero-order chi connectivity index (χ0) is 14.2. The van der Waals surface area contributed by atoms with Crippen LogP contribution in [0, 0.1) is 13.8 Å². The van der Waals surface area contributed by atoms with Crippen molar-refractivity contribution in [3.05, 3.63) is 67.1 Å². The number of hydrogen-bond acceptors (Lipinski definition) is 1. The highest BCUT2D eigenvalue weighted by molar-refractivity contribution is 9.10. The number of aliphatic hydroxyl groups is 1. The molecule has 2 rings (SSSR count). The van der Waals surface area contributed by atoms with Gasteiger partial charge in [-0.25, -0.2) is 0 Å². The van der Waals surface area contributed by atoms with Crippen LogP contribution in [0.2, 0.25) is 10.0 Å². The number of halogens is 3. The normalized spacial score (nSPS) is 12.5. The molecule has 0 fully saturated rings. The molecule has 1 nitrogen and oxygen atoms in total. The van der Waals surface area contributed by atoms with Gasteiger partial charge in [0.1, 0.15) is 6.10 Å². The topological polar surface area (TPSA) is 20.2 Å². The lowest BCUT2D eigenvalue weighted by atomic mass is 9.96. The van der Waals surface area contributed by atoms with Gasteiger partial charge in [-0.1, -0.05) is 57.3 Å². The molecule has 1 N–H and O–H groups in total. The van der Waals surface area contributed by atoms with Gasteiger partial charge in [0.15, 0.2) is 0 Å². The largest absolute Gasteiger partial charge is 0.384 e. The first kappa shape index (κ1) is 14.9. The minimum atomic E-state index is -0.780. The van der Waals surface area contributed by atoms with Gasteiger partial charge in [-0.2, -0.15) is 0 Å². The number of rotatable bonds is 2. The average Bonchev–Trinajstić information content (AvgIpc) is 2.36. The van der Waals surface area contributed by atoms with Crippen molar-refractivity contribution in [1.29, 1.82) is 0 Å². The maximum absolute atomic E-state index is 10.5. The van der Waals surface area contributed by atoms with E-state index in [1.165, 1.54) is 0 Å². The maximum atomic E-state index is 10.5. The molecule has 0 aromatic heterocycles. The second-order valence-electron chi connectivity index (χ2n) is 4.50. The number of aliphatic hydroxyl groups excluding tert-OH is 1. The summed E-state index contributed by atoms with van der Waals surface area (Å²) in [6, 6.07) is 9.23. The fourth-order valence-corrected chi connectivity index (χ4v) is 2.87. The van der Waals surface area contributed by atoms with Crippen LogP contribution in [-0.4, -0.2) is 5.11 Å². The van der Waals surface area contributed by atoms with Crippen LogP contribution in [0.1, 0.15) is 28.4 Å². The van der Waals surface area contributed by atoms with Gasteiger partial charge in [0.25, 0.3) is 0 Å². The van der Waals surface area contributed by atoms with E-state index in [1.54, 1.807) is 18.2 Å². The van der Waals surface area contributed by atoms with Crippen molar-refractivity contribution in [3.8, 4) is 0 Å². The van der Waals surface area contributed by atoms with Gasteiger partial charge in [-0.05, 0) is 42.7 Å². The lowest BCUT2D eigenvalue weighted by Crippen LogP contribution is -2.04. The van der Waals surface area contributed by atoms with Crippen LogP contribution >= 0.6 is 39.1 Å². The first-order valence-electron chi connectivity index (χ1n) is 5.80. The van der Waals surface area contributed by atoms with E-state index in [0.717, 1.165) is 21.2 Å². The smallest absolute Gasteiger partial charge is 0.106 e. The summed E-state index contributed by atoms with van der Waals surface area (Å²) in [5.41, 5.74) is 3.53. The van der Waals surface area contributed by atoms with E-state index in [4.69, 9.17) is 23.2 Å². The van der Waals surface area contributed by atoms with Crippen LogP contribution in [0.25, 0.3) is 0 Å². The molecular formula is C15H13BrCl2O. The SMILES string of the molecule is Cc1cc(C(O)c2cccc(Cl)c2Cl)c(C)cc1Br. The standard InChI is InChI=1S/C15H13BrCl2O/c1-8-7-12(16)9(2)6-11(8)15(19)10-4-3-5-13(17)14(10)18/h3-7,15,19H,1-2H3. The summed E-state index contributed by atoms with van der Waals surface area (Å²) in [5, 5.41) is 11.4. The lowest BCUT2D eigenvalue weighted by molar-refractivity contribution is 0.219. The fraction of sp³-hybridized carbons (Fsp3) is 0.200. The van der Waals surface area contributed by atoms with Gasteiger partial charge in [0.2, 0.25) is 0 Å². The van der Waals surface area contributed by atoms with Gasteiger partial charge in [0.05, 0.1) is 10.0 Å². The molecule has 2 aromatic carbocycles. The molecule has 100 valence electrons. The molecule has 0 saturated carbocycles. The van der Waals surface area contributed by atoms with E-state index in [2.05, 4.69) is 15.9 Å². The van der Waals surface area contributed by atoms with Crippen molar-refractivity contribution in [2.45, 2.75) is 20.0 Å². The molecule has 0 heterocycles. The van der Waals surface area contributed by atoms with Crippen LogP contribution in [0.4, 0.5) is 0 Å². The van der Waals surface area contributed by atoms with Crippen LogP contribution < -0.4 is 0 Å². The Morgan fingerprint density at radius 1 is 1.05 bits per heavy atom. The summed E-state index contributed by atoms with van der Waals surface area (Å²) in [5.74, 6) is 0. The summed E-state index contributed by atoms with van der Waals surface area (Å²) in [6.45, 7) is 3.94. The first-order chi connectivity index (χ1) is 8.91. The molecule has 19 heavy (non-hydrogen) atoms. The van der Waals surface area contributed by atoms with Crippen molar-refractivity contribution in [1.82, 2.24) is 0 Å². The zero-order valence-corrected chi connectivity index (χ0v) is 13.6. The lowest BCUT2D eigenvalue weighted by Gasteiger charge is -2.17. The summed E-state index contributed by atoms with van der Waals surface area (Å²) < 4.78 is 1.03. The first-order valence-corrected chi connectivity index (χ1v) is 7.35. The molecule has 1 unspecified atom stereocenters. The molecular weight excluding hydrogens is 347 g/mol. The Balaban J connectivity index is 2.53. The Hall–Kier alpha value is -0.540. The Morgan fingerprint density at radius 2 is 1.74 bits per heavy atom. The monoisotopic (exact) mass is 358 g/mol. The maximum Gasteiger partial charge on any atom is 0.106 e. The summed E-state index contributed by atoms with van der Waals surface area (Å²) in [6.07, 6.45) is -0.780. The second-order valence-corrected chi connectivity index (χ2v) is 6.14. The predicted molar refractivity (Wildman–Crippen MR) is 84.1 cm³/mol. The van der Waals surface area contributed by atoms with E-state index >= 15 is 0 Å². The quantitative estimate of drug-likeness (QED) is 0.755. The molecule has 1 atom stereocenters. The van der Waals surface area contributed by atoms with Crippen LogP contribution in [0.5, 0.6) is 0 Å². The molecule has 0 aliphatic rings. The molecule has 0 aliphatic heterocycles. The second kappa shape index (κ2) is 5.84. The molecule has 4 heteroatoms. The van der Waals surface area contributed by atoms with Gasteiger partial charge in [-0.15, -0.1) is 0 Å². The van der Waals surface area contributed by atoms with E-state index in [9.17, 15) is 5.11 Å². The molecule has 0 spiro atoms. The Labute approximate surface area is 131 Å². The summed E-state index contributed by atoms with van der Waals surface area (Å²) in [7, 11) is 0. The zero-order valence-electron chi connectivity index (χ0n) is 10.5. The highest BCUT2D eigenvalue weighted by Gasteiger charge is 2.18. The van der Waals surface area contributed by atoms with Crippen molar-refractivity contribution in [2.24, 2.45) is 0 Å². The van der Waals surface area contributed by atoms with Crippen LogP contribution in [-0.2, 0) is 0 Å². The third-order valence-electron chi connectivity index (χ3n) is 3.12. The van der Waals surface area contributed by atoms with Crippen molar-refractivity contribution >= 4 is 39.1 Å². The molecule has 0 saturated heterocycles. The Morgan fingerprint density at radius 3 is 2.42 bits per heavy atom. The van der Waals surface area contributed by atoms with E-state index in [-0.39, 0.29) is 0 Å². The minimum absolute atomic E-state index is 0.400. The number of hydrogen-bond donors (Lipinski definition) is 1. The van der Waals surface area contributed by atoms with Gasteiger partial charge < -0.3 is 5.11 Å². The van der Waals surface area contributed by atoms with Crippen LogP contribution in [0.15, 0.2) is 34.8 Å². The minimum Gasteiger partial charge on any atom is -0.384 e. The molecule has 0 amide bonds. The van der Waals surface area contributed by atoms with E-state index in [1.807, 2.05) is 26.0 Å². The van der Waals surface area contributed by atoms with Gasteiger partial charge in [-0.3, -0.25) is 0 Å². The van der Waals surface area contributed by atoms with Crippen molar-refractivity contribution in [2.75, 3.05) is 0 Å². The number of aryl methyl sites for hydroxylation is 2. The van der Waals surface area contributed by atoms with Crippen molar-refractivity contribution in [3.63, 3.8) is 0 Å². The van der Waals surface area contributed by atoms with E-state index < -0.39 is 6.10 Å². The Bertz CT molecular complexity index is 626.